The summed E-state index contributed by atoms with van der Waals surface area (Å²) in [6.07, 6.45) is 3.15. The minimum absolute atomic E-state index is 0.298. The summed E-state index contributed by atoms with van der Waals surface area (Å²) < 4.78 is 5.43. The van der Waals surface area contributed by atoms with Crippen LogP contribution in [0, 0.1) is 17.2 Å². The minimum Gasteiger partial charge on any atom is -0.481 e. The van der Waals surface area contributed by atoms with Crippen LogP contribution in [-0.4, -0.2) is 21.2 Å². The summed E-state index contributed by atoms with van der Waals surface area (Å²) in [5, 5.41) is 19.3. The van der Waals surface area contributed by atoms with Crippen LogP contribution in [0.25, 0.3) is 21.2 Å². The van der Waals surface area contributed by atoms with Gasteiger partial charge in [0.25, 0.3) is 0 Å². The Kier molecular flexibility index (Phi) is 5.92. The maximum Gasteiger partial charge on any atom is 0.306 e. The van der Waals surface area contributed by atoms with E-state index in [1.807, 2.05) is 37.4 Å². The summed E-state index contributed by atoms with van der Waals surface area (Å²) in [6, 6.07) is 13.8. The SMILES string of the molecule is CCC(CCSc1ccc2cnsc2c1-c1ccc(C#N)cc1)C(=O)O. The second-order valence-corrected chi connectivity index (χ2v) is 7.89. The molecule has 1 aromatic heterocycles. The van der Waals surface area contributed by atoms with Crippen molar-refractivity contribution in [3.63, 3.8) is 0 Å². The largest absolute Gasteiger partial charge is 0.481 e. The number of carboxylic acid groups (broad SMARTS) is 1. The lowest BCUT2D eigenvalue weighted by molar-refractivity contribution is -0.141. The number of nitriles is 1. The van der Waals surface area contributed by atoms with E-state index in [9.17, 15) is 9.90 Å². The van der Waals surface area contributed by atoms with E-state index in [-0.39, 0.29) is 5.92 Å². The van der Waals surface area contributed by atoms with Gasteiger partial charge >= 0.3 is 5.97 Å². The zero-order valence-corrected chi connectivity index (χ0v) is 15.9. The maximum absolute atomic E-state index is 11.2. The third kappa shape index (κ3) is 3.90. The molecule has 6 heteroatoms. The molecule has 0 bridgehead atoms. The highest BCUT2D eigenvalue weighted by molar-refractivity contribution is 7.99. The molecule has 0 aliphatic heterocycles. The molecule has 1 heterocycles. The van der Waals surface area contributed by atoms with E-state index >= 15 is 0 Å². The van der Waals surface area contributed by atoms with Crippen molar-refractivity contribution in [3.8, 4) is 17.2 Å². The van der Waals surface area contributed by atoms with Crippen LogP contribution >= 0.6 is 23.3 Å². The van der Waals surface area contributed by atoms with E-state index in [2.05, 4.69) is 22.6 Å². The molecule has 0 saturated carbocycles. The Bertz CT molecular complexity index is 958. The van der Waals surface area contributed by atoms with Gasteiger partial charge in [-0.05, 0) is 53.9 Å². The minimum atomic E-state index is -0.724. The Morgan fingerprint density at radius 3 is 2.73 bits per heavy atom. The van der Waals surface area contributed by atoms with Gasteiger partial charge in [0.1, 0.15) is 0 Å². The van der Waals surface area contributed by atoms with Crippen molar-refractivity contribution >= 4 is 39.3 Å². The van der Waals surface area contributed by atoms with Gasteiger partial charge < -0.3 is 5.11 Å². The second kappa shape index (κ2) is 8.35. The van der Waals surface area contributed by atoms with Crippen LogP contribution in [0.3, 0.4) is 0 Å². The van der Waals surface area contributed by atoms with Gasteiger partial charge in [0.2, 0.25) is 0 Å². The topological polar surface area (TPSA) is 74.0 Å². The van der Waals surface area contributed by atoms with Crippen molar-refractivity contribution < 1.29 is 9.90 Å². The van der Waals surface area contributed by atoms with Gasteiger partial charge in [-0.25, -0.2) is 0 Å². The molecule has 0 saturated heterocycles. The predicted octanol–water partition coefficient (Wildman–Crippen LogP) is 5.43. The molecule has 1 N–H and O–H groups in total. The second-order valence-electron chi connectivity index (χ2n) is 5.95. The predicted molar refractivity (Wildman–Crippen MR) is 107 cm³/mol. The molecule has 3 rings (SSSR count). The van der Waals surface area contributed by atoms with Gasteiger partial charge in [-0.3, -0.25) is 4.79 Å². The number of aromatic nitrogens is 1. The molecule has 1 atom stereocenters. The number of carbonyl (C=O) groups is 1. The first-order chi connectivity index (χ1) is 12.6. The summed E-state index contributed by atoms with van der Waals surface area (Å²) in [6.45, 7) is 1.91. The standard InChI is InChI=1S/C20H18N2O2S2/c1-2-14(20(23)24)9-10-25-17-8-7-16-12-22-26-19(16)18(17)15-5-3-13(11-21)4-6-15/h3-8,12,14H,2,9-10H2,1H3,(H,23,24). The molecule has 0 aliphatic carbocycles. The van der Waals surface area contributed by atoms with E-state index in [4.69, 9.17) is 5.26 Å². The lowest BCUT2D eigenvalue weighted by Crippen LogP contribution is -2.13. The van der Waals surface area contributed by atoms with Crippen molar-refractivity contribution in [1.82, 2.24) is 4.37 Å². The Hall–Kier alpha value is -2.36. The number of hydrogen-bond acceptors (Lipinski definition) is 5. The third-order valence-electron chi connectivity index (χ3n) is 4.35. The van der Waals surface area contributed by atoms with E-state index in [0.29, 0.717) is 18.4 Å². The summed E-state index contributed by atoms with van der Waals surface area (Å²) in [4.78, 5) is 12.3. The van der Waals surface area contributed by atoms with Crippen LogP contribution in [0.1, 0.15) is 25.3 Å². The number of benzene rings is 2. The van der Waals surface area contributed by atoms with E-state index in [1.165, 1.54) is 11.5 Å². The molecule has 4 nitrogen and oxygen atoms in total. The molecule has 0 aliphatic rings. The Morgan fingerprint density at radius 2 is 2.08 bits per heavy atom. The molecule has 26 heavy (non-hydrogen) atoms. The number of carboxylic acids is 1. The highest BCUT2D eigenvalue weighted by Gasteiger charge is 2.16. The van der Waals surface area contributed by atoms with Crippen molar-refractivity contribution in [2.24, 2.45) is 5.92 Å². The molecule has 1 unspecified atom stereocenters. The van der Waals surface area contributed by atoms with Crippen LogP contribution in [0.4, 0.5) is 0 Å². The molecule has 0 spiro atoms. The molecule has 2 aromatic carbocycles. The van der Waals surface area contributed by atoms with Crippen molar-refractivity contribution in [2.45, 2.75) is 24.7 Å². The first-order valence-corrected chi connectivity index (χ1v) is 10.1. The van der Waals surface area contributed by atoms with Gasteiger partial charge in [0.05, 0.1) is 22.3 Å². The fourth-order valence-electron chi connectivity index (χ4n) is 2.83. The van der Waals surface area contributed by atoms with Gasteiger partial charge in [-0.2, -0.15) is 9.64 Å². The molecule has 132 valence electrons. The van der Waals surface area contributed by atoms with Crippen LogP contribution in [0.2, 0.25) is 0 Å². The summed E-state index contributed by atoms with van der Waals surface area (Å²) in [5.74, 6) is -0.274. The lowest BCUT2D eigenvalue weighted by Gasteiger charge is -2.13. The molecule has 0 radical (unpaired) electrons. The van der Waals surface area contributed by atoms with Crippen molar-refractivity contribution in [1.29, 1.82) is 5.26 Å². The van der Waals surface area contributed by atoms with Crippen LogP contribution in [0.15, 0.2) is 47.5 Å². The monoisotopic (exact) mass is 382 g/mol. The lowest BCUT2D eigenvalue weighted by atomic mass is 10.0. The smallest absolute Gasteiger partial charge is 0.306 e. The molecule has 3 aromatic rings. The zero-order chi connectivity index (χ0) is 18.5. The summed E-state index contributed by atoms with van der Waals surface area (Å²) in [7, 11) is 0. The van der Waals surface area contributed by atoms with Gasteiger partial charge in [0.15, 0.2) is 0 Å². The van der Waals surface area contributed by atoms with E-state index in [0.717, 1.165) is 31.9 Å². The Labute approximate surface area is 160 Å². The quantitative estimate of drug-likeness (QED) is 0.552. The summed E-state index contributed by atoms with van der Waals surface area (Å²) >= 11 is 3.14. The number of fused-ring (bicyclic) bond motifs is 1. The first kappa shape index (κ1) is 18.4. The van der Waals surface area contributed by atoms with Gasteiger partial charge in [0, 0.05) is 22.0 Å². The number of aliphatic carboxylic acids is 1. The highest BCUT2D eigenvalue weighted by atomic mass is 32.2. The van der Waals surface area contributed by atoms with Gasteiger partial charge in [-0.15, -0.1) is 11.8 Å². The first-order valence-electron chi connectivity index (χ1n) is 8.37. The van der Waals surface area contributed by atoms with Crippen LogP contribution in [-0.2, 0) is 4.79 Å². The Balaban J connectivity index is 1.92. The highest BCUT2D eigenvalue weighted by Crippen LogP contribution is 2.39. The maximum atomic E-state index is 11.2. The molecule has 0 amide bonds. The number of nitrogens with zero attached hydrogens (tertiary/aromatic N) is 2. The fourth-order valence-corrected chi connectivity index (χ4v) is 4.87. The van der Waals surface area contributed by atoms with Crippen LogP contribution < -0.4 is 0 Å². The zero-order valence-electron chi connectivity index (χ0n) is 14.3. The normalized spacial score (nSPS) is 12.0. The van der Waals surface area contributed by atoms with Crippen LogP contribution in [0.5, 0.6) is 0 Å². The fraction of sp³-hybridized carbons (Fsp3) is 0.250. The molecule has 0 fully saturated rings. The summed E-state index contributed by atoms with van der Waals surface area (Å²) in [5.41, 5.74) is 2.79. The number of hydrogen-bond donors (Lipinski definition) is 1. The number of thioether (sulfide) groups is 1. The third-order valence-corrected chi connectivity index (χ3v) is 6.28. The Morgan fingerprint density at radius 1 is 1.31 bits per heavy atom. The van der Waals surface area contributed by atoms with E-state index < -0.39 is 5.97 Å². The van der Waals surface area contributed by atoms with E-state index in [1.54, 1.807) is 11.8 Å². The van der Waals surface area contributed by atoms with Crippen molar-refractivity contribution in [3.05, 3.63) is 48.2 Å². The molecular weight excluding hydrogens is 364 g/mol. The molecular formula is C20H18N2O2S2. The average Bonchev–Trinajstić information content (AvgIpc) is 3.13. The number of rotatable bonds is 7. The van der Waals surface area contributed by atoms with Gasteiger partial charge in [-0.1, -0.05) is 25.1 Å². The average molecular weight is 383 g/mol. The van der Waals surface area contributed by atoms with Crippen molar-refractivity contribution in [2.75, 3.05) is 5.75 Å².